The number of Topliss-reactive ketones (excluding diaryl/α,β-unsaturated/α-hetero) is 1. The predicted molar refractivity (Wildman–Crippen MR) is 83.2 cm³/mol. The summed E-state index contributed by atoms with van der Waals surface area (Å²) in [5, 5.41) is 9.15. The average Bonchev–Trinajstić information content (AvgIpc) is 2.98. The molecule has 0 bridgehead atoms. The van der Waals surface area contributed by atoms with Crippen LogP contribution >= 0.6 is 15.9 Å². The fraction of sp³-hybridized carbons (Fsp3) is 0.400. The maximum absolute atomic E-state index is 12.7. The molecule has 1 atom stereocenters. The number of carboxylic acid groups (broad SMARTS) is 1. The molecule has 1 fully saturated rings. The van der Waals surface area contributed by atoms with Crippen LogP contribution in [0.5, 0.6) is 0 Å². The van der Waals surface area contributed by atoms with E-state index in [-0.39, 0.29) is 13.0 Å². The number of hydrogen-bond acceptors (Lipinski definition) is 5. The predicted octanol–water partition coefficient (Wildman–Crippen LogP) is 2.59. The van der Waals surface area contributed by atoms with Crippen LogP contribution in [0.4, 0.5) is 9.18 Å². The summed E-state index contributed by atoms with van der Waals surface area (Å²) in [4.78, 5) is 36.2. The molecule has 7 nitrogen and oxygen atoms in total. The highest BCUT2D eigenvalue weighted by Gasteiger charge is 2.53. The van der Waals surface area contributed by atoms with Crippen LogP contribution in [0.1, 0.15) is 23.2 Å². The van der Waals surface area contributed by atoms with E-state index in [2.05, 4.69) is 15.9 Å². The van der Waals surface area contributed by atoms with Crippen molar-refractivity contribution >= 4 is 33.8 Å². The van der Waals surface area contributed by atoms with Gasteiger partial charge in [0.2, 0.25) is 5.72 Å². The fourth-order valence-electron chi connectivity index (χ4n) is 2.52. The van der Waals surface area contributed by atoms with E-state index in [9.17, 15) is 18.8 Å². The molecule has 1 amide bonds. The van der Waals surface area contributed by atoms with Crippen molar-refractivity contribution in [2.45, 2.75) is 18.6 Å². The first-order valence-corrected chi connectivity index (χ1v) is 7.86. The highest BCUT2D eigenvalue weighted by Crippen LogP contribution is 2.32. The third-order valence-electron chi connectivity index (χ3n) is 3.68. The quantitative estimate of drug-likeness (QED) is 0.579. The number of carbonyl (C=O) groups excluding carboxylic acids is 2. The van der Waals surface area contributed by atoms with Gasteiger partial charge in [0.15, 0.2) is 19.3 Å². The topological polar surface area (TPSA) is 93.1 Å². The van der Waals surface area contributed by atoms with E-state index in [1.807, 2.05) is 0 Å². The number of amides is 1. The van der Waals surface area contributed by atoms with Crippen molar-refractivity contribution < 1.29 is 33.4 Å². The van der Waals surface area contributed by atoms with Gasteiger partial charge in [0, 0.05) is 23.0 Å². The van der Waals surface area contributed by atoms with Gasteiger partial charge in [-0.1, -0.05) is 28.1 Å². The normalized spacial score (nSPS) is 20.0. The van der Waals surface area contributed by atoms with Gasteiger partial charge in [0.05, 0.1) is 0 Å². The first kappa shape index (κ1) is 18.3. The SMILES string of the molecule is O=C(COC(=O)C1(OCF)CCCN1C(=O)O)c1ccc(Br)cc1. The molecule has 1 unspecified atom stereocenters. The van der Waals surface area contributed by atoms with Gasteiger partial charge in [-0.25, -0.2) is 14.0 Å². The molecule has 130 valence electrons. The Hall–Kier alpha value is -2.00. The highest BCUT2D eigenvalue weighted by molar-refractivity contribution is 9.10. The molecule has 0 saturated carbocycles. The second-order valence-corrected chi connectivity index (χ2v) is 6.00. The third-order valence-corrected chi connectivity index (χ3v) is 4.21. The Morgan fingerprint density at radius 1 is 1.29 bits per heavy atom. The Labute approximate surface area is 145 Å². The fourth-order valence-corrected chi connectivity index (χ4v) is 2.78. The monoisotopic (exact) mass is 403 g/mol. The molecule has 1 N–H and O–H groups in total. The number of ether oxygens (including phenoxy) is 2. The zero-order chi connectivity index (χ0) is 17.7. The summed E-state index contributed by atoms with van der Waals surface area (Å²) in [5.74, 6) is -1.56. The number of carbonyl (C=O) groups is 3. The van der Waals surface area contributed by atoms with Crippen LogP contribution in [0.15, 0.2) is 28.7 Å². The molecule has 0 radical (unpaired) electrons. The lowest BCUT2D eigenvalue weighted by Gasteiger charge is -2.32. The Bertz CT molecular complexity index is 637. The minimum Gasteiger partial charge on any atom is -0.465 e. The van der Waals surface area contributed by atoms with Gasteiger partial charge >= 0.3 is 12.1 Å². The summed E-state index contributed by atoms with van der Waals surface area (Å²) >= 11 is 3.24. The number of hydrogen-bond donors (Lipinski definition) is 1. The van der Waals surface area contributed by atoms with E-state index in [0.29, 0.717) is 16.9 Å². The maximum Gasteiger partial charge on any atom is 0.410 e. The molecule has 0 aliphatic carbocycles. The number of alkyl halides is 1. The van der Waals surface area contributed by atoms with Crippen LogP contribution in [-0.4, -0.2) is 53.6 Å². The number of likely N-dealkylation sites (tertiary alicyclic amines) is 1. The number of nitrogens with zero attached hydrogens (tertiary/aromatic N) is 1. The van der Waals surface area contributed by atoms with E-state index in [1.54, 1.807) is 24.3 Å². The van der Waals surface area contributed by atoms with Crippen molar-refractivity contribution in [3.8, 4) is 0 Å². The molecular weight excluding hydrogens is 389 g/mol. The average molecular weight is 404 g/mol. The van der Waals surface area contributed by atoms with E-state index in [0.717, 1.165) is 4.47 Å². The van der Waals surface area contributed by atoms with E-state index in [1.165, 1.54) is 0 Å². The minimum absolute atomic E-state index is 0.0189. The van der Waals surface area contributed by atoms with Gasteiger partial charge in [0.25, 0.3) is 0 Å². The second-order valence-electron chi connectivity index (χ2n) is 5.08. The first-order valence-electron chi connectivity index (χ1n) is 7.07. The molecule has 2 rings (SSSR count). The standard InChI is InChI=1S/C15H15BrFNO6/c16-11-4-2-10(3-5-11)12(19)8-23-13(20)15(24-9-17)6-1-7-18(15)14(21)22/h2-5H,1,6-9H2,(H,21,22). The molecule has 0 spiro atoms. The number of halogens is 2. The molecule has 1 aromatic carbocycles. The molecule has 0 aromatic heterocycles. The summed E-state index contributed by atoms with van der Waals surface area (Å²) in [6.07, 6.45) is -1.13. The van der Waals surface area contributed by atoms with Crippen LogP contribution in [-0.2, 0) is 14.3 Å². The lowest BCUT2D eigenvalue weighted by atomic mass is 10.1. The summed E-state index contributed by atoms with van der Waals surface area (Å²) in [6.45, 7) is -1.92. The van der Waals surface area contributed by atoms with Crippen LogP contribution < -0.4 is 0 Å². The van der Waals surface area contributed by atoms with Crippen LogP contribution in [0.25, 0.3) is 0 Å². The van der Waals surface area contributed by atoms with Gasteiger partial charge in [-0.3, -0.25) is 9.69 Å². The van der Waals surface area contributed by atoms with Gasteiger partial charge in [-0.05, 0) is 18.6 Å². The minimum atomic E-state index is -2.04. The van der Waals surface area contributed by atoms with Crippen molar-refractivity contribution in [2.75, 3.05) is 20.0 Å². The Kier molecular flexibility index (Phi) is 5.89. The van der Waals surface area contributed by atoms with Crippen LogP contribution in [0.3, 0.4) is 0 Å². The van der Waals surface area contributed by atoms with Crippen LogP contribution in [0, 0.1) is 0 Å². The van der Waals surface area contributed by atoms with Gasteiger partial charge < -0.3 is 14.6 Å². The molecule has 1 aromatic rings. The Morgan fingerprint density at radius 3 is 2.54 bits per heavy atom. The van der Waals surface area contributed by atoms with Crippen LogP contribution in [0.2, 0.25) is 0 Å². The lowest BCUT2D eigenvalue weighted by molar-refractivity contribution is -0.198. The third kappa shape index (κ3) is 3.73. The van der Waals surface area contributed by atoms with Crippen molar-refractivity contribution in [3.05, 3.63) is 34.3 Å². The molecular formula is C15H15BrFNO6. The number of benzene rings is 1. The molecule has 9 heteroatoms. The summed E-state index contributed by atoms with van der Waals surface area (Å²) in [5.41, 5.74) is -1.71. The zero-order valence-corrected chi connectivity index (χ0v) is 14.1. The van der Waals surface area contributed by atoms with Crippen molar-refractivity contribution in [3.63, 3.8) is 0 Å². The first-order chi connectivity index (χ1) is 11.4. The molecule has 1 aliphatic rings. The molecule has 1 saturated heterocycles. The number of ketones is 1. The molecule has 24 heavy (non-hydrogen) atoms. The molecule has 1 heterocycles. The van der Waals surface area contributed by atoms with Gasteiger partial charge in [0.1, 0.15) is 0 Å². The maximum atomic E-state index is 12.7. The lowest BCUT2D eigenvalue weighted by Crippen LogP contribution is -2.55. The summed E-state index contributed by atoms with van der Waals surface area (Å²) < 4.78 is 23.1. The van der Waals surface area contributed by atoms with Gasteiger partial charge in [-0.2, -0.15) is 0 Å². The second kappa shape index (κ2) is 7.71. The van der Waals surface area contributed by atoms with Gasteiger partial charge in [-0.15, -0.1) is 0 Å². The van der Waals surface area contributed by atoms with Crippen molar-refractivity contribution in [1.29, 1.82) is 0 Å². The van der Waals surface area contributed by atoms with E-state index >= 15 is 0 Å². The number of rotatable bonds is 6. The van der Waals surface area contributed by atoms with Crippen molar-refractivity contribution in [2.24, 2.45) is 0 Å². The molecule has 1 aliphatic heterocycles. The summed E-state index contributed by atoms with van der Waals surface area (Å²) in [7, 11) is 0. The summed E-state index contributed by atoms with van der Waals surface area (Å²) in [6, 6.07) is 6.41. The highest BCUT2D eigenvalue weighted by atomic mass is 79.9. The van der Waals surface area contributed by atoms with Crippen molar-refractivity contribution in [1.82, 2.24) is 4.90 Å². The van der Waals surface area contributed by atoms with E-state index in [4.69, 9.17) is 14.6 Å². The Morgan fingerprint density at radius 2 is 1.96 bits per heavy atom. The zero-order valence-electron chi connectivity index (χ0n) is 12.5. The number of esters is 1. The largest absolute Gasteiger partial charge is 0.465 e. The van der Waals surface area contributed by atoms with E-state index < -0.39 is 37.0 Å². The smallest absolute Gasteiger partial charge is 0.410 e. The Balaban J connectivity index is 2.07.